The van der Waals surface area contributed by atoms with E-state index in [1.54, 1.807) is 31.3 Å². The van der Waals surface area contributed by atoms with Crippen LogP contribution in [0.4, 0.5) is 0 Å². The Bertz CT molecular complexity index is 842. The van der Waals surface area contributed by atoms with Crippen LogP contribution in [-0.4, -0.2) is 36.4 Å². The number of ether oxygens (including phenoxy) is 1. The molecule has 0 saturated carbocycles. The van der Waals surface area contributed by atoms with Crippen LogP contribution in [0.5, 0.6) is 5.75 Å². The molecule has 0 aromatic heterocycles. The Morgan fingerprint density at radius 2 is 1.86 bits per heavy atom. The molecule has 2 amide bonds. The summed E-state index contributed by atoms with van der Waals surface area (Å²) in [5, 5.41) is 3.79. The third kappa shape index (κ3) is 5.63. The van der Waals surface area contributed by atoms with Crippen molar-refractivity contribution in [2.75, 3.05) is 13.7 Å². The van der Waals surface area contributed by atoms with Crippen molar-refractivity contribution in [3.8, 4) is 5.75 Å². The van der Waals surface area contributed by atoms with E-state index < -0.39 is 6.04 Å². The van der Waals surface area contributed by atoms with Gasteiger partial charge in [-0.25, -0.2) is 0 Å². The molecule has 0 spiro atoms. The predicted octanol–water partition coefficient (Wildman–Crippen LogP) is 4.23. The summed E-state index contributed by atoms with van der Waals surface area (Å²) in [4.78, 5) is 26.8. The summed E-state index contributed by atoms with van der Waals surface area (Å²) < 4.78 is 5.65. The van der Waals surface area contributed by atoms with Gasteiger partial charge in [-0.05, 0) is 48.7 Å². The van der Waals surface area contributed by atoms with Gasteiger partial charge in [-0.3, -0.25) is 9.59 Å². The van der Waals surface area contributed by atoms with E-state index in [0.717, 1.165) is 11.1 Å². The van der Waals surface area contributed by atoms with Crippen LogP contribution in [0.1, 0.15) is 24.5 Å². The van der Waals surface area contributed by atoms with Crippen molar-refractivity contribution in [3.63, 3.8) is 0 Å². The topological polar surface area (TPSA) is 58.6 Å². The standard InChI is InChI=1S/C21H24Cl2N2O3/c1-4-19(21(27)24-3)25(12-15-7-5-6-8-18(15)23)20(26)13-28-16-9-10-17(22)14(2)11-16/h5-11,19H,4,12-13H2,1-3H3,(H,24,27)/t19-/m0/s1. The van der Waals surface area contributed by atoms with E-state index >= 15 is 0 Å². The van der Waals surface area contributed by atoms with E-state index in [2.05, 4.69) is 5.32 Å². The molecule has 0 aliphatic rings. The fourth-order valence-electron chi connectivity index (χ4n) is 2.83. The van der Waals surface area contributed by atoms with Crippen molar-refractivity contribution in [2.45, 2.75) is 32.9 Å². The van der Waals surface area contributed by atoms with Gasteiger partial charge < -0.3 is 15.0 Å². The molecule has 0 aliphatic heterocycles. The number of rotatable bonds is 8. The van der Waals surface area contributed by atoms with Crippen LogP contribution in [0.2, 0.25) is 10.0 Å². The molecule has 2 aromatic rings. The molecule has 2 aromatic carbocycles. The average molecular weight is 423 g/mol. The van der Waals surface area contributed by atoms with Crippen LogP contribution in [0.15, 0.2) is 42.5 Å². The van der Waals surface area contributed by atoms with Crippen molar-refractivity contribution < 1.29 is 14.3 Å². The Kier molecular flexibility index (Phi) is 8.15. The smallest absolute Gasteiger partial charge is 0.261 e. The van der Waals surface area contributed by atoms with E-state index in [4.69, 9.17) is 27.9 Å². The number of likely N-dealkylation sites (N-methyl/N-ethyl adjacent to an activating group) is 1. The van der Waals surface area contributed by atoms with Gasteiger partial charge in [0, 0.05) is 23.6 Å². The van der Waals surface area contributed by atoms with Gasteiger partial charge in [0.25, 0.3) is 5.91 Å². The van der Waals surface area contributed by atoms with Gasteiger partial charge in [-0.2, -0.15) is 0 Å². The van der Waals surface area contributed by atoms with Gasteiger partial charge >= 0.3 is 0 Å². The number of amides is 2. The molecule has 0 saturated heterocycles. The summed E-state index contributed by atoms with van der Waals surface area (Å²) in [6, 6.07) is 11.8. The summed E-state index contributed by atoms with van der Waals surface area (Å²) in [7, 11) is 1.55. The minimum Gasteiger partial charge on any atom is -0.484 e. The lowest BCUT2D eigenvalue weighted by molar-refractivity contribution is -0.142. The molecule has 0 heterocycles. The van der Waals surface area contributed by atoms with Crippen molar-refractivity contribution in [3.05, 3.63) is 63.6 Å². The van der Waals surface area contributed by atoms with Crippen LogP contribution in [0, 0.1) is 6.92 Å². The molecular formula is C21H24Cl2N2O3. The summed E-state index contributed by atoms with van der Waals surface area (Å²) in [6.07, 6.45) is 0.468. The Hall–Kier alpha value is -2.24. The second-order valence-corrected chi connectivity index (χ2v) is 7.17. The maximum Gasteiger partial charge on any atom is 0.261 e. The molecular weight excluding hydrogens is 399 g/mol. The number of hydrogen-bond acceptors (Lipinski definition) is 3. The fourth-order valence-corrected chi connectivity index (χ4v) is 3.14. The molecule has 0 aliphatic carbocycles. The van der Waals surface area contributed by atoms with Gasteiger partial charge in [0.15, 0.2) is 6.61 Å². The van der Waals surface area contributed by atoms with Crippen LogP contribution < -0.4 is 10.1 Å². The van der Waals surface area contributed by atoms with Gasteiger partial charge in [0.2, 0.25) is 5.91 Å². The normalized spacial score (nSPS) is 11.6. The fraction of sp³-hybridized carbons (Fsp3) is 0.333. The van der Waals surface area contributed by atoms with Crippen molar-refractivity contribution in [2.24, 2.45) is 0 Å². The number of carbonyl (C=O) groups is 2. The molecule has 7 heteroatoms. The maximum atomic E-state index is 13.0. The second-order valence-electron chi connectivity index (χ2n) is 6.35. The molecule has 5 nitrogen and oxygen atoms in total. The molecule has 1 atom stereocenters. The number of nitrogens with zero attached hydrogens (tertiary/aromatic N) is 1. The monoisotopic (exact) mass is 422 g/mol. The number of nitrogens with one attached hydrogen (secondary N) is 1. The predicted molar refractivity (Wildman–Crippen MR) is 112 cm³/mol. The summed E-state index contributed by atoms with van der Waals surface area (Å²) in [6.45, 7) is 3.74. The SMILES string of the molecule is CC[C@@H](C(=O)NC)N(Cc1ccccc1Cl)C(=O)COc1ccc(Cl)c(C)c1. The first kappa shape index (κ1) is 22.1. The number of hydrogen-bond donors (Lipinski definition) is 1. The zero-order chi connectivity index (χ0) is 20.7. The van der Waals surface area contributed by atoms with E-state index in [1.807, 2.05) is 32.0 Å². The third-order valence-corrected chi connectivity index (χ3v) is 5.22. The van der Waals surface area contributed by atoms with E-state index in [1.165, 1.54) is 4.90 Å². The Balaban J connectivity index is 2.21. The lowest BCUT2D eigenvalue weighted by atomic mass is 10.1. The van der Waals surface area contributed by atoms with E-state index in [-0.39, 0.29) is 25.0 Å². The van der Waals surface area contributed by atoms with Crippen molar-refractivity contribution in [1.82, 2.24) is 10.2 Å². The molecule has 28 heavy (non-hydrogen) atoms. The highest BCUT2D eigenvalue weighted by atomic mass is 35.5. The lowest BCUT2D eigenvalue weighted by Gasteiger charge is -2.30. The molecule has 2 rings (SSSR count). The summed E-state index contributed by atoms with van der Waals surface area (Å²) in [5.74, 6) is 0.00847. The second kappa shape index (κ2) is 10.3. The highest BCUT2D eigenvalue weighted by Gasteiger charge is 2.28. The maximum absolute atomic E-state index is 13.0. The van der Waals surface area contributed by atoms with Crippen molar-refractivity contribution in [1.29, 1.82) is 0 Å². The largest absolute Gasteiger partial charge is 0.484 e. The quantitative estimate of drug-likeness (QED) is 0.691. The van der Waals surface area contributed by atoms with Gasteiger partial charge in [0.05, 0.1) is 0 Å². The molecule has 0 bridgehead atoms. The minimum absolute atomic E-state index is 0.195. The van der Waals surface area contributed by atoms with E-state index in [0.29, 0.717) is 22.2 Å². The van der Waals surface area contributed by atoms with Crippen LogP contribution in [0.3, 0.4) is 0 Å². The number of carbonyl (C=O) groups excluding carboxylic acids is 2. The minimum atomic E-state index is -0.621. The summed E-state index contributed by atoms with van der Waals surface area (Å²) in [5.41, 5.74) is 1.62. The Morgan fingerprint density at radius 1 is 1.14 bits per heavy atom. The third-order valence-electron chi connectivity index (χ3n) is 4.42. The van der Waals surface area contributed by atoms with Crippen molar-refractivity contribution >= 4 is 35.0 Å². The zero-order valence-corrected chi connectivity index (χ0v) is 17.7. The van der Waals surface area contributed by atoms with Gasteiger partial charge in [-0.1, -0.05) is 48.3 Å². The number of benzene rings is 2. The molecule has 0 radical (unpaired) electrons. The zero-order valence-electron chi connectivity index (χ0n) is 16.2. The van der Waals surface area contributed by atoms with Crippen LogP contribution in [0.25, 0.3) is 0 Å². The molecule has 0 unspecified atom stereocenters. The lowest BCUT2D eigenvalue weighted by Crippen LogP contribution is -2.49. The number of aryl methyl sites for hydroxylation is 1. The molecule has 0 fully saturated rings. The first-order valence-corrected chi connectivity index (χ1v) is 9.76. The highest BCUT2D eigenvalue weighted by Crippen LogP contribution is 2.22. The van der Waals surface area contributed by atoms with Gasteiger partial charge in [0.1, 0.15) is 11.8 Å². The summed E-state index contributed by atoms with van der Waals surface area (Å²) >= 11 is 12.3. The number of halogens is 2. The van der Waals surface area contributed by atoms with Crippen LogP contribution >= 0.6 is 23.2 Å². The Labute approximate surface area is 175 Å². The van der Waals surface area contributed by atoms with E-state index in [9.17, 15) is 9.59 Å². The average Bonchev–Trinajstić information content (AvgIpc) is 2.69. The first-order valence-electron chi connectivity index (χ1n) is 9.00. The van der Waals surface area contributed by atoms with Crippen LogP contribution in [-0.2, 0) is 16.1 Å². The molecule has 1 N–H and O–H groups in total. The van der Waals surface area contributed by atoms with Gasteiger partial charge in [-0.15, -0.1) is 0 Å². The highest BCUT2D eigenvalue weighted by molar-refractivity contribution is 6.31. The Morgan fingerprint density at radius 3 is 2.46 bits per heavy atom. The molecule has 150 valence electrons. The first-order chi connectivity index (χ1) is 13.4.